The summed E-state index contributed by atoms with van der Waals surface area (Å²) in [6, 6.07) is 4.20. The summed E-state index contributed by atoms with van der Waals surface area (Å²) in [5, 5.41) is 10.4. The van der Waals surface area contributed by atoms with Crippen LogP contribution in [0.25, 0.3) is 0 Å². The first-order valence-corrected chi connectivity index (χ1v) is 7.28. The van der Waals surface area contributed by atoms with Gasteiger partial charge in [0.25, 0.3) is 0 Å². The predicted molar refractivity (Wildman–Crippen MR) is 82.9 cm³/mol. The first kappa shape index (κ1) is 15.3. The van der Waals surface area contributed by atoms with Gasteiger partial charge >= 0.3 is 0 Å². The number of likely N-dealkylation sites (tertiary alicyclic amines) is 1. The maximum absolute atomic E-state index is 10.4. The van der Waals surface area contributed by atoms with E-state index in [-0.39, 0.29) is 5.41 Å². The molecule has 4 heteroatoms. The number of aromatic nitrogens is 1. The Labute approximate surface area is 122 Å². The van der Waals surface area contributed by atoms with Crippen molar-refractivity contribution in [1.82, 2.24) is 9.88 Å². The first-order valence-electron chi connectivity index (χ1n) is 7.28. The summed E-state index contributed by atoms with van der Waals surface area (Å²) in [5.74, 6) is 0.982. The van der Waals surface area contributed by atoms with Crippen molar-refractivity contribution in [3.63, 3.8) is 0 Å². The maximum Gasteiger partial charge on any atom is 0.127 e. The topological polar surface area (TPSA) is 39.6 Å². The van der Waals surface area contributed by atoms with Crippen molar-refractivity contribution in [1.29, 1.82) is 0 Å². The van der Waals surface area contributed by atoms with E-state index in [0.29, 0.717) is 0 Å². The SMILES string of the molecule is CN(C)c1ccc(CN2CC[C@](C)(O)C(C)(C)C2)cn1. The molecule has 1 aliphatic rings. The Morgan fingerprint density at radius 1 is 1.30 bits per heavy atom. The Morgan fingerprint density at radius 2 is 2.00 bits per heavy atom. The van der Waals surface area contributed by atoms with Crippen LogP contribution < -0.4 is 4.90 Å². The summed E-state index contributed by atoms with van der Waals surface area (Å²) >= 11 is 0. The van der Waals surface area contributed by atoms with E-state index in [0.717, 1.165) is 31.9 Å². The summed E-state index contributed by atoms with van der Waals surface area (Å²) in [6.45, 7) is 9.00. The standard InChI is InChI=1S/C16H27N3O/c1-15(2)12-19(9-8-16(15,3)20)11-13-6-7-14(17-10-13)18(4)5/h6-7,10,20H,8-9,11-12H2,1-5H3/t16-/m0/s1. The first-order chi connectivity index (χ1) is 9.21. The highest BCUT2D eigenvalue weighted by atomic mass is 16.3. The second-order valence-corrected chi connectivity index (χ2v) is 7.04. The minimum absolute atomic E-state index is 0.0811. The molecular formula is C16H27N3O. The third-order valence-electron chi connectivity index (χ3n) is 4.67. The van der Waals surface area contributed by atoms with Crippen LogP contribution in [0.3, 0.4) is 0 Å². The molecule has 2 heterocycles. The Kier molecular flexibility index (Phi) is 4.07. The maximum atomic E-state index is 10.4. The zero-order valence-corrected chi connectivity index (χ0v) is 13.3. The quantitative estimate of drug-likeness (QED) is 0.919. The third-order valence-corrected chi connectivity index (χ3v) is 4.67. The molecule has 0 aliphatic carbocycles. The average Bonchev–Trinajstić information content (AvgIpc) is 2.35. The van der Waals surface area contributed by atoms with Crippen LogP contribution in [0.2, 0.25) is 0 Å². The van der Waals surface area contributed by atoms with Crippen LogP contribution in [0.15, 0.2) is 18.3 Å². The fourth-order valence-corrected chi connectivity index (χ4v) is 2.69. The molecule has 1 aromatic rings. The molecule has 0 bridgehead atoms. The molecule has 0 unspecified atom stereocenters. The molecule has 1 N–H and O–H groups in total. The number of nitrogens with zero attached hydrogens (tertiary/aromatic N) is 3. The van der Waals surface area contributed by atoms with Crippen LogP contribution in [0.4, 0.5) is 5.82 Å². The average molecular weight is 277 g/mol. The Bertz CT molecular complexity index is 451. The van der Waals surface area contributed by atoms with E-state index in [1.54, 1.807) is 0 Å². The van der Waals surface area contributed by atoms with Gasteiger partial charge in [-0.05, 0) is 25.0 Å². The number of rotatable bonds is 3. The van der Waals surface area contributed by atoms with Gasteiger partial charge in [0.2, 0.25) is 0 Å². The second kappa shape index (κ2) is 5.34. The molecule has 112 valence electrons. The van der Waals surface area contributed by atoms with Gasteiger partial charge in [0.05, 0.1) is 5.60 Å². The Balaban J connectivity index is 2.01. The van der Waals surface area contributed by atoms with Gasteiger partial charge in [-0.2, -0.15) is 0 Å². The summed E-state index contributed by atoms with van der Waals surface area (Å²) in [6.07, 6.45) is 2.78. The van der Waals surface area contributed by atoms with Crippen LogP contribution in [0.1, 0.15) is 32.8 Å². The van der Waals surface area contributed by atoms with Crippen molar-refractivity contribution in [2.24, 2.45) is 5.41 Å². The van der Waals surface area contributed by atoms with Gasteiger partial charge in [-0.15, -0.1) is 0 Å². The zero-order chi connectivity index (χ0) is 15.0. The van der Waals surface area contributed by atoms with Crippen LogP contribution in [-0.2, 0) is 6.54 Å². The smallest absolute Gasteiger partial charge is 0.127 e. The Hall–Kier alpha value is -1.13. The number of piperidine rings is 1. The van der Waals surface area contributed by atoms with Gasteiger partial charge in [-0.25, -0.2) is 4.98 Å². The monoisotopic (exact) mass is 277 g/mol. The highest BCUT2D eigenvalue weighted by Crippen LogP contribution is 2.38. The van der Waals surface area contributed by atoms with Gasteiger partial charge < -0.3 is 10.0 Å². The Morgan fingerprint density at radius 3 is 2.50 bits per heavy atom. The molecule has 4 nitrogen and oxygen atoms in total. The number of aliphatic hydroxyl groups is 1. The van der Waals surface area contributed by atoms with Gasteiger partial charge in [0.15, 0.2) is 0 Å². The predicted octanol–water partition coefficient (Wildman–Crippen LogP) is 2.13. The van der Waals surface area contributed by atoms with Crippen LogP contribution >= 0.6 is 0 Å². The molecule has 1 aromatic heterocycles. The van der Waals surface area contributed by atoms with E-state index in [2.05, 4.69) is 35.9 Å². The van der Waals surface area contributed by atoms with Gasteiger partial charge in [0.1, 0.15) is 5.82 Å². The molecule has 1 aliphatic heterocycles. The summed E-state index contributed by atoms with van der Waals surface area (Å²) in [7, 11) is 3.99. The minimum Gasteiger partial charge on any atom is -0.390 e. The van der Waals surface area contributed by atoms with Gasteiger partial charge in [0, 0.05) is 45.3 Å². The number of hydrogen-bond acceptors (Lipinski definition) is 4. The lowest BCUT2D eigenvalue weighted by molar-refractivity contribution is -0.107. The van der Waals surface area contributed by atoms with Crippen molar-refractivity contribution in [3.8, 4) is 0 Å². The second-order valence-electron chi connectivity index (χ2n) is 7.04. The number of pyridine rings is 1. The van der Waals surface area contributed by atoms with Crippen molar-refractivity contribution in [2.75, 3.05) is 32.1 Å². The summed E-state index contributed by atoms with van der Waals surface area (Å²) in [5.41, 5.74) is 0.576. The molecule has 0 saturated carbocycles. The van der Waals surface area contributed by atoms with Gasteiger partial charge in [-0.3, -0.25) is 4.90 Å². The van der Waals surface area contributed by atoms with E-state index in [1.165, 1.54) is 5.56 Å². The van der Waals surface area contributed by atoms with Crippen molar-refractivity contribution >= 4 is 5.82 Å². The molecular weight excluding hydrogens is 250 g/mol. The fourth-order valence-electron chi connectivity index (χ4n) is 2.69. The van der Waals surface area contributed by atoms with Crippen LogP contribution in [-0.4, -0.2) is 47.8 Å². The van der Waals surface area contributed by atoms with Crippen molar-refractivity contribution < 1.29 is 5.11 Å². The molecule has 2 rings (SSSR count). The fraction of sp³-hybridized carbons (Fsp3) is 0.688. The largest absolute Gasteiger partial charge is 0.390 e. The lowest BCUT2D eigenvalue weighted by atomic mass is 9.71. The van der Waals surface area contributed by atoms with E-state index >= 15 is 0 Å². The van der Waals surface area contributed by atoms with E-state index in [1.807, 2.05) is 32.1 Å². The number of hydrogen-bond donors (Lipinski definition) is 1. The molecule has 0 aromatic carbocycles. The van der Waals surface area contributed by atoms with Crippen LogP contribution in [0.5, 0.6) is 0 Å². The number of anilines is 1. The molecule has 0 radical (unpaired) electrons. The van der Waals surface area contributed by atoms with E-state index < -0.39 is 5.60 Å². The highest BCUT2D eigenvalue weighted by Gasteiger charge is 2.43. The lowest BCUT2D eigenvalue weighted by Crippen LogP contribution is -2.55. The normalized spacial score (nSPS) is 26.5. The summed E-state index contributed by atoms with van der Waals surface area (Å²) in [4.78, 5) is 8.87. The molecule has 1 atom stereocenters. The van der Waals surface area contributed by atoms with E-state index in [9.17, 15) is 5.11 Å². The van der Waals surface area contributed by atoms with Crippen molar-refractivity contribution in [3.05, 3.63) is 23.9 Å². The van der Waals surface area contributed by atoms with Crippen LogP contribution in [0, 0.1) is 5.41 Å². The zero-order valence-electron chi connectivity index (χ0n) is 13.3. The molecule has 0 spiro atoms. The molecule has 1 fully saturated rings. The lowest BCUT2D eigenvalue weighted by Gasteiger charge is -2.48. The van der Waals surface area contributed by atoms with Gasteiger partial charge in [-0.1, -0.05) is 19.9 Å². The third kappa shape index (κ3) is 3.13. The highest BCUT2D eigenvalue weighted by molar-refractivity contribution is 5.37. The van der Waals surface area contributed by atoms with Crippen molar-refractivity contribution in [2.45, 2.75) is 39.3 Å². The molecule has 20 heavy (non-hydrogen) atoms. The molecule has 1 saturated heterocycles. The minimum atomic E-state index is -0.573. The van der Waals surface area contributed by atoms with E-state index in [4.69, 9.17) is 0 Å². The molecule has 0 amide bonds. The summed E-state index contributed by atoms with van der Waals surface area (Å²) < 4.78 is 0.